The summed E-state index contributed by atoms with van der Waals surface area (Å²) in [6, 6.07) is 0. The predicted octanol–water partition coefficient (Wildman–Crippen LogP) is 16.9. The Bertz CT molecular complexity index is 982. The van der Waals surface area contributed by atoms with E-state index in [2.05, 4.69) is 39.8 Å². The molecular weight excluding hydrogens is 665 g/mol. The summed E-state index contributed by atoms with van der Waals surface area (Å²) < 4.78 is 6.72. The van der Waals surface area contributed by atoms with Gasteiger partial charge in [0.1, 0.15) is 0 Å². The third-order valence-electron chi connectivity index (χ3n) is 17.9. The van der Waals surface area contributed by atoms with Crippen LogP contribution in [0, 0.1) is 71.0 Å². The minimum absolute atomic E-state index is 0.837. The molecule has 6 rings (SSSR count). The smallest absolute Gasteiger partial charge is 0.0654 e. The fraction of sp³-hybridized carbons (Fsp3) is 0.926. The lowest BCUT2D eigenvalue weighted by Gasteiger charge is -2.40. The summed E-state index contributed by atoms with van der Waals surface area (Å²) in [5.41, 5.74) is 3.72. The second-order valence-electron chi connectivity index (χ2n) is 21.3. The van der Waals surface area contributed by atoms with Gasteiger partial charge in [0.2, 0.25) is 0 Å². The van der Waals surface area contributed by atoms with Gasteiger partial charge in [0, 0.05) is 0 Å². The molecule has 1 heteroatoms. The first-order chi connectivity index (χ1) is 27.1. The van der Waals surface area contributed by atoms with Gasteiger partial charge in [-0.3, -0.25) is 0 Å². The van der Waals surface area contributed by atoms with Crippen LogP contribution in [-0.2, 0) is 4.74 Å². The van der Waals surface area contributed by atoms with Crippen molar-refractivity contribution in [3.63, 3.8) is 0 Å². The molecule has 0 unspecified atom stereocenters. The highest BCUT2D eigenvalue weighted by Crippen LogP contribution is 2.49. The highest BCUT2D eigenvalue weighted by Gasteiger charge is 2.36. The summed E-state index contributed by atoms with van der Waals surface area (Å²) in [6.07, 6.45) is 52.6. The molecule has 0 aromatic heterocycles. The zero-order chi connectivity index (χ0) is 38.2. The molecule has 0 aromatic rings. The monoisotopic (exact) mass is 759 g/mol. The molecule has 6 aliphatic carbocycles. The van der Waals surface area contributed by atoms with Crippen molar-refractivity contribution in [2.24, 2.45) is 71.0 Å². The molecular formula is C54H94O. The molecule has 0 heterocycles. The maximum atomic E-state index is 6.72. The second-order valence-corrected chi connectivity index (χ2v) is 21.3. The molecule has 6 fully saturated rings. The molecule has 0 saturated heterocycles. The normalized spacial score (nSPS) is 38.5. The third kappa shape index (κ3) is 13.2. The lowest BCUT2D eigenvalue weighted by atomic mass is 9.65. The highest BCUT2D eigenvalue weighted by atomic mass is 16.5. The maximum absolute atomic E-state index is 6.72. The number of hydrogen-bond acceptors (Lipinski definition) is 1. The summed E-state index contributed by atoms with van der Waals surface area (Å²) in [7, 11) is 0. The van der Waals surface area contributed by atoms with Crippen LogP contribution in [0.2, 0.25) is 0 Å². The van der Waals surface area contributed by atoms with Gasteiger partial charge in [0.25, 0.3) is 0 Å². The first-order valence-electron chi connectivity index (χ1n) is 26.1. The molecule has 6 aliphatic rings. The van der Waals surface area contributed by atoms with Crippen LogP contribution in [0.3, 0.4) is 0 Å². The number of hydrogen-bond donors (Lipinski definition) is 0. The van der Waals surface area contributed by atoms with E-state index in [1.54, 1.807) is 0 Å². The van der Waals surface area contributed by atoms with E-state index in [0.29, 0.717) is 0 Å². The fourth-order valence-electron chi connectivity index (χ4n) is 14.7. The molecule has 0 radical (unpaired) electrons. The van der Waals surface area contributed by atoms with Crippen molar-refractivity contribution < 1.29 is 4.74 Å². The highest BCUT2D eigenvalue weighted by molar-refractivity contribution is 5.16. The Kier molecular flexibility index (Phi) is 19.1. The molecule has 0 spiro atoms. The summed E-state index contributed by atoms with van der Waals surface area (Å²) >= 11 is 0. The van der Waals surface area contributed by atoms with Crippen molar-refractivity contribution in [3.8, 4) is 0 Å². The summed E-state index contributed by atoms with van der Waals surface area (Å²) in [5.74, 6) is 11.5. The number of rotatable bonds is 18. The van der Waals surface area contributed by atoms with Crippen molar-refractivity contribution >= 4 is 0 Å². The molecule has 0 aliphatic heterocycles. The van der Waals surface area contributed by atoms with Gasteiger partial charge < -0.3 is 4.74 Å². The zero-order valence-corrected chi connectivity index (χ0v) is 37.5. The van der Waals surface area contributed by atoms with Gasteiger partial charge in [-0.05, 0) is 199 Å². The van der Waals surface area contributed by atoms with Crippen molar-refractivity contribution in [3.05, 3.63) is 23.3 Å². The van der Waals surface area contributed by atoms with Gasteiger partial charge in [0.15, 0.2) is 0 Å². The molecule has 1 nitrogen and oxygen atoms in total. The summed E-state index contributed by atoms with van der Waals surface area (Å²) in [6.45, 7) is 11.3. The van der Waals surface area contributed by atoms with Gasteiger partial charge in [-0.25, -0.2) is 0 Å². The average molecular weight is 759 g/mol. The molecule has 0 N–H and O–H groups in total. The molecule has 0 atom stereocenters. The van der Waals surface area contributed by atoms with Crippen LogP contribution in [0.25, 0.3) is 0 Å². The van der Waals surface area contributed by atoms with E-state index in [1.165, 1.54) is 205 Å². The van der Waals surface area contributed by atoms with Crippen molar-refractivity contribution in [1.82, 2.24) is 0 Å². The van der Waals surface area contributed by atoms with Crippen molar-refractivity contribution in [2.75, 3.05) is 13.2 Å². The first-order valence-corrected chi connectivity index (χ1v) is 26.1. The van der Waals surface area contributed by atoms with Crippen LogP contribution in [0.5, 0.6) is 0 Å². The Morgan fingerprint density at radius 2 is 0.545 bits per heavy atom. The van der Waals surface area contributed by atoms with E-state index in [0.717, 1.165) is 84.2 Å². The van der Waals surface area contributed by atoms with Gasteiger partial charge in [-0.1, -0.05) is 128 Å². The minimum atomic E-state index is 0.837. The first kappa shape index (κ1) is 44.0. The predicted molar refractivity (Wildman–Crippen MR) is 239 cm³/mol. The maximum Gasteiger partial charge on any atom is 0.0654 e. The quantitative estimate of drug-likeness (QED) is 0.0999. The number of allylic oxidation sites excluding steroid dienone is 2. The lowest BCUT2D eigenvalue weighted by molar-refractivity contribution is 0.143. The van der Waals surface area contributed by atoms with Crippen LogP contribution >= 0.6 is 0 Å². The van der Waals surface area contributed by atoms with E-state index < -0.39 is 0 Å². The Hall–Kier alpha value is -0.560. The van der Waals surface area contributed by atoms with E-state index in [-0.39, 0.29) is 0 Å². The van der Waals surface area contributed by atoms with Crippen molar-refractivity contribution in [2.45, 2.75) is 233 Å². The van der Waals surface area contributed by atoms with Crippen LogP contribution in [-0.4, -0.2) is 13.2 Å². The number of ether oxygens (including phenoxy) is 1. The van der Waals surface area contributed by atoms with E-state index >= 15 is 0 Å². The molecule has 0 aromatic carbocycles. The lowest BCUT2D eigenvalue weighted by Crippen LogP contribution is -2.28. The fourth-order valence-corrected chi connectivity index (χ4v) is 14.7. The van der Waals surface area contributed by atoms with Gasteiger partial charge >= 0.3 is 0 Å². The molecule has 0 bridgehead atoms. The molecule has 0 amide bonds. The van der Waals surface area contributed by atoms with Crippen LogP contribution < -0.4 is 0 Å². The van der Waals surface area contributed by atoms with Gasteiger partial charge in [0.05, 0.1) is 13.2 Å². The Balaban J connectivity index is 1.04. The SMILES string of the molecule is CCCC1CCC(C(=CCOCC=C(C2CCC(CCC)CC2)C2CCC(C3CCC(CCC)CC3)CC2)C2CCC(C3CCC(CCC)CC3)CC2)CC1. The Labute approximate surface area is 344 Å². The average Bonchev–Trinajstić information content (AvgIpc) is 3.23. The summed E-state index contributed by atoms with van der Waals surface area (Å²) in [5, 5.41) is 0. The molecule has 6 saturated carbocycles. The Morgan fingerprint density at radius 1 is 0.327 bits per heavy atom. The third-order valence-corrected chi connectivity index (χ3v) is 17.9. The van der Waals surface area contributed by atoms with E-state index in [4.69, 9.17) is 4.74 Å². The zero-order valence-electron chi connectivity index (χ0n) is 37.5. The van der Waals surface area contributed by atoms with Crippen LogP contribution in [0.1, 0.15) is 233 Å². The Morgan fingerprint density at radius 3 is 0.800 bits per heavy atom. The standard InChI is InChI=1S/C54H94O/c1-5-9-41-13-21-45(22-14-41)47-29-33-51(34-30-47)53(49-25-17-43(11-7-3)18-26-49)37-39-55-40-38-54(50-27-19-44(12-8-4)20-28-50)52-35-31-48(32-36-52)46-23-15-42(10-6-2)16-24-46/h37-38,41-52H,5-36,39-40H2,1-4H3. The largest absolute Gasteiger partial charge is 0.373 e. The van der Waals surface area contributed by atoms with Crippen LogP contribution in [0.4, 0.5) is 0 Å². The molecule has 316 valence electrons. The van der Waals surface area contributed by atoms with E-state index in [1.807, 2.05) is 11.1 Å². The van der Waals surface area contributed by atoms with E-state index in [9.17, 15) is 0 Å². The van der Waals surface area contributed by atoms with Gasteiger partial charge in [-0.2, -0.15) is 0 Å². The minimum Gasteiger partial charge on any atom is -0.373 e. The second kappa shape index (κ2) is 23.9. The van der Waals surface area contributed by atoms with Crippen molar-refractivity contribution in [1.29, 1.82) is 0 Å². The van der Waals surface area contributed by atoms with Gasteiger partial charge in [-0.15, -0.1) is 0 Å². The summed E-state index contributed by atoms with van der Waals surface area (Å²) in [4.78, 5) is 0. The topological polar surface area (TPSA) is 9.23 Å². The van der Waals surface area contributed by atoms with Crippen LogP contribution in [0.15, 0.2) is 23.3 Å². The molecule has 55 heavy (non-hydrogen) atoms.